The third-order valence-corrected chi connectivity index (χ3v) is 7.05. The molecule has 29 heavy (non-hydrogen) atoms. The number of thioether (sulfide) groups is 1. The van der Waals surface area contributed by atoms with Crippen molar-refractivity contribution >= 4 is 90.1 Å². The van der Waals surface area contributed by atoms with Crippen LogP contribution in [0.2, 0.25) is 0 Å². The molecule has 2 aromatic rings. The molecule has 9 heteroatoms. The van der Waals surface area contributed by atoms with Gasteiger partial charge in [-0.1, -0.05) is 28.1 Å². The van der Waals surface area contributed by atoms with Gasteiger partial charge in [-0.3, -0.25) is 14.5 Å². The van der Waals surface area contributed by atoms with Crippen LogP contribution in [0.1, 0.15) is 11.1 Å². The van der Waals surface area contributed by atoms with Gasteiger partial charge in [-0.05, 0) is 98.4 Å². The van der Waals surface area contributed by atoms with Gasteiger partial charge in [-0.2, -0.15) is 0 Å². The predicted molar refractivity (Wildman–Crippen MR) is 135 cm³/mol. The zero-order chi connectivity index (χ0) is 21.0. The van der Waals surface area contributed by atoms with Crippen LogP contribution in [0.4, 0.5) is 4.79 Å². The minimum atomic E-state index is -0.280. The lowest BCUT2D eigenvalue weighted by molar-refractivity contribution is -0.123. The number of methoxy groups -OCH3 is 1. The molecule has 1 saturated heterocycles. The van der Waals surface area contributed by atoms with Crippen molar-refractivity contribution in [1.29, 1.82) is 0 Å². The molecule has 0 saturated carbocycles. The van der Waals surface area contributed by atoms with Crippen molar-refractivity contribution in [3.05, 3.63) is 64.0 Å². The Morgan fingerprint density at radius 3 is 2.41 bits per heavy atom. The first-order valence-corrected chi connectivity index (χ1v) is 12.3. The van der Waals surface area contributed by atoms with Gasteiger partial charge in [0.25, 0.3) is 11.1 Å². The number of ether oxygens (including phenoxy) is 2. The van der Waals surface area contributed by atoms with Gasteiger partial charge in [0.05, 0.1) is 25.2 Å². The van der Waals surface area contributed by atoms with Gasteiger partial charge < -0.3 is 9.47 Å². The Kier molecular flexibility index (Phi) is 8.42. The van der Waals surface area contributed by atoms with E-state index in [-0.39, 0.29) is 17.7 Å². The summed E-state index contributed by atoms with van der Waals surface area (Å²) in [6.07, 6.45) is 1.75. The van der Waals surface area contributed by atoms with Crippen molar-refractivity contribution in [1.82, 2.24) is 4.90 Å². The summed E-state index contributed by atoms with van der Waals surface area (Å²) in [4.78, 5) is 26.2. The molecule has 2 amide bonds. The molecule has 0 bridgehead atoms. The summed E-state index contributed by atoms with van der Waals surface area (Å²) >= 11 is 8.83. The zero-order valence-electron chi connectivity index (χ0n) is 15.3. The zero-order valence-corrected chi connectivity index (χ0v) is 22.0. The van der Waals surface area contributed by atoms with E-state index >= 15 is 0 Å². The number of rotatable bonds is 7. The Balaban J connectivity index is 1.75. The van der Waals surface area contributed by atoms with Crippen LogP contribution in [0.15, 0.2) is 45.8 Å². The van der Waals surface area contributed by atoms with Gasteiger partial charge in [0.1, 0.15) is 12.4 Å². The summed E-state index contributed by atoms with van der Waals surface area (Å²) < 4.78 is 13.9. The number of carbonyl (C=O) groups excluding carboxylic acids is 2. The van der Waals surface area contributed by atoms with Crippen molar-refractivity contribution in [3.63, 3.8) is 0 Å². The van der Waals surface area contributed by atoms with Gasteiger partial charge in [0.15, 0.2) is 0 Å². The van der Waals surface area contributed by atoms with Crippen LogP contribution in [0.25, 0.3) is 6.08 Å². The SMILES string of the molecule is COCCN1C(=O)S/C(=C/c2cc(I)c(OCc3ccc(Br)cc3)c(I)c2)C1=O. The predicted octanol–water partition coefficient (Wildman–Crippen LogP) is 5.92. The van der Waals surface area contributed by atoms with E-state index in [1.54, 1.807) is 13.2 Å². The number of carbonyl (C=O) groups is 2. The van der Waals surface area contributed by atoms with Crippen LogP contribution in [0.5, 0.6) is 5.75 Å². The maximum Gasteiger partial charge on any atom is 0.293 e. The van der Waals surface area contributed by atoms with E-state index in [1.165, 1.54) is 4.90 Å². The molecule has 1 heterocycles. The second kappa shape index (κ2) is 10.6. The summed E-state index contributed by atoms with van der Waals surface area (Å²) in [7, 11) is 1.54. The van der Waals surface area contributed by atoms with Crippen LogP contribution in [0.3, 0.4) is 0 Å². The molecular weight excluding hydrogens is 684 g/mol. The summed E-state index contributed by atoms with van der Waals surface area (Å²) in [5, 5.41) is -0.267. The number of halogens is 3. The third kappa shape index (κ3) is 5.96. The highest BCUT2D eigenvalue weighted by Gasteiger charge is 2.34. The number of nitrogens with zero attached hydrogens (tertiary/aromatic N) is 1. The lowest BCUT2D eigenvalue weighted by Gasteiger charge is -2.12. The number of imide groups is 1. The fraction of sp³-hybridized carbons (Fsp3) is 0.200. The van der Waals surface area contributed by atoms with E-state index in [9.17, 15) is 9.59 Å². The summed E-state index contributed by atoms with van der Waals surface area (Å²) in [5.41, 5.74) is 1.93. The number of benzene rings is 2. The Morgan fingerprint density at radius 2 is 1.79 bits per heavy atom. The molecule has 5 nitrogen and oxygen atoms in total. The Morgan fingerprint density at radius 1 is 1.14 bits per heavy atom. The second-order valence-corrected chi connectivity index (χ2v) is 10.3. The van der Waals surface area contributed by atoms with E-state index in [2.05, 4.69) is 61.1 Å². The molecule has 0 unspecified atom stereocenters. The first kappa shape index (κ1) is 23.0. The number of amides is 2. The number of hydrogen-bond acceptors (Lipinski definition) is 5. The van der Waals surface area contributed by atoms with Crippen LogP contribution in [-0.4, -0.2) is 36.3 Å². The van der Waals surface area contributed by atoms with E-state index in [0.29, 0.717) is 18.1 Å². The Labute approximate surface area is 209 Å². The highest BCUT2D eigenvalue weighted by molar-refractivity contribution is 14.1. The fourth-order valence-corrected chi connectivity index (χ4v) is 5.82. The first-order chi connectivity index (χ1) is 13.9. The molecule has 3 rings (SSSR count). The first-order valence-electron chi connectivity index (χ1n) is 8.49. The topological polar surface area (TPSA) is 55.8 Å². The molecule has 0 radical (unpaired) electrons. The molecule has 0 aliphatic carbocycles. The van der Waals surface area contributed by atoms with Crippen molar-refractivity contribution in [2.75, 3.05) is 20.3 Å². The monoisotopic (exact) mass is 699 g/mol. The average molecular weight is 700 g/mol. The van der Waals surface area contributed by atoms with Crippen molar-refractivity contribution < 1.29 is 19.1 Å². The van der Waals surface area contributed by atoms with Gasteiger partial charge in [-0.15, -0.1) is 0 Å². The minimum absolute atomic E-state index is 0.260. The van der Waals surface area contributed by atoms with Crippen molar-refractivity contribution in [3.8, 4) is 5.75 Å². The lowest BCUT2D eigenvalue weighted by Crippen LogP contribution is -2.31. The van der Waals surface area contributed by atoms with Crippen LogP contribution >= 0.6 is 72.9 Å². The molecule has 1 fully saturated rings. The molecule has 152 valence electrons. The minimum Gasteiger partial charge on any atom is -0.487 e. The average Bonchev–Trinajstić information content (AvgIpc) is 2.94. The quantitative estimate of drug-likeness (QED) is 0.266. The van der Waals surface area contributed by atoms with Crippen molar-refractivity contribution in [2.45, 2.75) is 6.61 Å². The fourth-order valence-electron chi connectivity index (χ4n) is 2.56. The van der Waals surface area contributed by atoms with Crippen molar-refractivity contribution in [2.24, 2.45) is 0 Å². The summed E-state index contributed by atoms with van der Waals surface area (Å²) in [6, 6.07) is 11.9. The standard InChI is InChI=1S/C20H16BrI2NO4S/c1-27-7-6-24-19(25)17(29-20(24)26)10-13-8-15(22)18(16(23)9-13)28-11-12-2-4-14(21)5-3-12/h2-5,8-10H,6-7,11H2,1H3/b17-10+. The van der Waals surface area contributed by atoms with Crippen LogP contribution < -0.4 is 4.74 Å². The van der Waals surface area contributed by atoms with Gasteiger partial charge >= 0.3 is 0 Å². The third-order valence-electron chi connectivity index (χ3n) is 4.01. The molecule has 1 aliphatic heterocycles. The van der Waals surface area contributed by atoms with Gasteiger partial charge in [0, 0.05) is 11.6 Å². The Hall–Kier alpha value is -0.630. The molecule has 0 atom stereocenters. The van der Waals surface area contributed by atoms with Crippen LogP contribution in [0, 0.1) is 7.14 Å². The van der Waals surface area contributed by atoms with E-state index in [4.69, 9.17) is 9.47 Å². The highest BCUT2D eigenvalue weighted by Crippen LogP contribution is 2.35. The lowest BCUT2D eigenvalue weighted by atomic mass is 10.2. The molecule has 0 aromatic heterocycles. The van der Waals surface area contributed by atoms with Crippen LogP contribution in [-0.2, 0) is 16.1 Å². The van der Waals surface area contributed by atoms with E-state index in [0.717, 1.165) is 40.3 Å². The largest absolute Gasteiger partial charge is 0.487 e. The smallest absolute Gasteiger partial charge is 0.293 e. The molecule has 0 N–H and O–H groups in total. The molecule has 1 aliphatic rings. The van der Waals surface area contributed by atoms with E-state index in [1.807, 2.05) is 36.4 Å². The van der Waals surface area contributed by atoms with E-state index < -0.39 is 0 Å². The normalized spacial score (nSPS) is 15.4. The maximum atomic E-state index is 12.5. The summed E-state index contributed by atoms with van der Waals surface area (Å²) in [6.45, 7) is 1.05. The van der Waals surface area contributed by atoms with Gasteiger partial charge in [0.2, 0.25) is 0 Å². The molecule has 2 aromatic carbocycles. The van der Waals surface area contributed by atoms with Gasteiger partial charge in [-0.25, -0.2) is 0 Å². The Bertz CT molecular complexity index is 942. The second-order valence-electron chi connectivity index (χ2n) is 6.05. The maximum absolute atomic E-state index is 12.5. The highest BCUT2D eigenvalue weighted by atomic mass is 127. The number of hydrogen-bond donors (Lipinski definition) is 0. The molecular formula is C20H16BrI2NO4S. The molecule has 0 spiro atoms. The summed E-state index contributed by atoms with van der Waals surface area (Å²) in [5.74, 6) is 0.525.